The van der Waals surface area contributed by atoms with Crippen molar-refractivity contribution in [3.63, 3.8) is 0 Å². The molecule has 1 amide bonds. The second-order valence-electron chi connectivity index (χ2n) is 5.56. The van der Waals surface area contributed by atoms with Crippen LogP contribution in [-0.2, 0) is 4.79 Å². The second-order valence-corrected chi connectivity index (χ2v) is 5.56. The van der Waals surface area contributed by atoms with Crippen molar-refractivity contribution in [1.29, 1.82) is 0 Å². The maximum absolute atomic E-state index is 12.2. The van der Waals surface area contributed by atoms with E-state index in [1.54, 1.807) is 0 Å². The molecule has 110 valence electrons. The summed E-state index contributed by atoms with van der Waals surface area (Å²) in [5.74, 6) is -0.101. The Labute approximate surface area is 121 Å². The van der Waals surface area contributed by atoms with E-state index in [4.69, 9.17) is 5.73 Å². The number of amides is 1. The Morgan fingerprint density at radius 2 is 1.75 bits per heavy atom. The number of nitrogens with zero attached hydrogens (tertiary/aromatic N) is 1. The smallest absolute Gasteiger partial charge is 0.244 e. The van der Waals surface area contributed by atoms with Crippen LogP contribution in [0.2, 0.25) is 0 Å². The van der Waals surface area contributed by atoms with Gasteiger partial charge >= 0.3 is 0 Å². The van der Waals surface area contributed by atoms with Gasteiger partial charge in [0.15, 0.2) is 0 Å². The third kappa shape index (κ3) is 3.12. The predicted molar refractivity (Wildman–Crippen MR) is 84.0 cm³/mol. The van der Waals surface area contributed by atoms with Crippen molar-refractivity contribution in [3.05, 3.63) is 24.3 Å². The minimum absolute atomic E-state index is 0.101. The number of nitrogens with two attached hydrogens (primary N) is 1. The monoisotopic (exact) mass is 275 g/mol. The van der Waals surface area contributed by atoms with Crippen molar-refractivity contribution in [3.8, 4) is 0 Å². The fraction of sp³-hybridized carbons (Fsp3) is 0.562. The molecule has 2 rings (SSSR count). The number of hydrogen-bond acceptors (Lipinski definition) is 3. The average Bonchev–Trinajstić information content (AvgIpc) is 3.01. The van der Waals surface area contributed by atoms with Gasteiger partial charge in [0.2, 0.25) is 5.91 Å². The van der Waals surface area contributed by atoms with Gasteiger partial charge in [-0.05, 0) is 49.9 Å². The summed E-state index contributed by atoms with van der Waals surface area (Å²) in [7, 11) is 0. The van der Waals surface area contributed by atoms with Crippen LogP contribution in [0.15, 0.2) is 24.3 Å². The van der Waals surface area contributed by atoms with Crippen LogP contribution in [-0.4, -0.2) is 24.5 Å². The molecule has 1 aliphatic rings. The van der Waals surface area contributed by atoms with Gasteiger partial charge in [-0.3, -0.25) is 4.79 Å². The normalized spacial score (nSPS) is 15.4. The van der Waals surface area contributed by atoms with Crippen molar-refractivity contribution in [1.82, 2.24) is 0 Å². The number of carbonyl (C=O) groups is 1. The molecular formula is C16H25N3O. The SMILES string of the molecule is CCC(N)(CC)C(=O)Nc1ccc(N2CCCC2)cc1. The Morgan fingerprint density at radius 1 is 1.20 bits per heavy atom. The van der Waals surface area contributed by atoms with Gasteiger partial charge in [0.25, 0.3) is 0 Å². The first-order valence-corrected chi connectivity index (χ1v) is 7.54. The zero-order valence-corrected chi connectivity index (χ0v) is 12.5. The van der Waals surface area contributed by atoms with E-state index in [1.807, 2.05) is 26.0 Å². The summed E-state index contributed by atoms with van der Waals surface area (Å²) in [5, 5.41) is 2.92. The number of hydrogen-bond donors (Lipinski definition) is 2. The van der Waals surface area contributed by atoms with Gasteiger partial charge in [-0.25, -0.2) is 0 Å². The van der Waals surface area contributed by atoms with Crippen molar-refractivity contribution in [2.24, 2.45) is 5.73 Å². The van der Waals surface area contributed by atoms with Gasteiger partial charge in [0, 0.05) is 24.5 Å². The van der Waals surface area contributed by atoms with Gasteiger partial charge in [0.1, 0.15) is 0 Å². The van der Waals surface area contributed by atoms with Crippen molar-refractivity contribution in [2.75, 3.05) is 23.3 Å². The minimum atomic E-state index is -0.770. The molecule has 0 unspecified atom stereocenters. The molecule has 0 saturated carbocycles. The third-order valence-corrected chi connectivity index (χ3v) is 4.31. The largest absolute Gasteiger partial charge is 0.372 e. The summed E-state index contributed by atoms with van der Waals surface area (Å²) in [4.78, 5) is 14.6. The summed E-state index contributed by atoms with van der Waals surface area (Å²) in [6.45, 7) is 6.14. The van der Waals surface area contributed by atoms with Gasteiger partial charge in [-0.1, -0.05) is 13.8 Å². The lowest BCUT2D eigenvalue weighted by molar-refractivity contribution is -0.121. The quantitative estimate of drug-likeness (QED) is 0.868. The Balaban J connectivity index is 2.01. The molecule has 0 atom stereocenters. The molecule has 0 radical (unpaired) electrons. The molecule has 1 saturated heterocycles. The van der Waals surface area contributed by atoms with Gasteiger partial charge in [0.05, 0.1) is 5.54 Å². The topological polar surface area (TPSA) is 58.4 Å². The van der Waals surface area contributed by atoms with Crippen molar-refractivity contribution < 1.29 is 4.79 Å². The van der Waals surface area contributed by atoms with Crippen LogP contribution in [0.25, 0.3) is 0 Å². The lowest BCUT2D eigenvalue weighted by Crippen LogP contribution is -2.50. The van der Waals surface area contributed by atoms with Crippen LogP contribution in [0.1, 0.15) is 39.5 Å². The molecule has 1 heterocycles. The first kappa shape index (κ1) is 14.9. The fourth-order valence-corrected chi connectivity index (χ4v) is 2.56. The summed E-state index contributed by atoms with van der Waals surface area (Å²) in [5.41, 5.74) is 7.37. The molecule has 0 spiro atoms. The highest BCUT2D eigenvalue weighted by Crippen LogP contribution is 2.23. The number of rotatable bonds is 5. The van der Waals surface area contributed by atoms with E-state index in [0.717, 1.165) is 18.8 Å². The zero-order chi connectivity index (χ0) is 14.6. The van der Waals surface area contributed by atoms with Gasteiger partial charge < -0.3 is 16.0 Å². The molecule has 4 heteroatoms. The van der Waals surface area contributed by atoms with E-state index in [9.17, 15) is 4.79 Å². The van der Waals surface area contributed by atoms with Crippen molar-refractivity contribution in [2.45, 2.75) is 45.1 Å². The lowest BCUT2D eigenvalue weighted by atomic mass is 9.93. The molecule has 20 heavy (non-hydrogen) atoms. The summed E-state index contributed by atoms with van der Waals surface area (Å²) < 4.78 is 0. The Hall–Kier alpha value is -1.55. The second kappa shape index (κ2) is 6.27. The number of benzene rings is 1. The highest BCUT2D eigenvalue weighted by atomic mass is 16.2. The highest BCUT2D eigenvalue weighted by molar-refractivity contribution is 5.98. The van der Waals surface area contributed by atoms with Crippen LogP contribution < -0.4 is 16.0 Å². The van der Waals surface area contributed by atoms with E-state index >= 15 is 0 Å². The summed E-state index contributed by atoms with van der Waals surface area (Å²) in [6, 6.07) is 8.04. The summed E-state index contributed by atoms with van der Waals surface area (Å²) >= 11 is 0. The molecule has 3 N–H and O–H groups in total. The molecule has 1 aliphatic heterocycles. The van der Waals surface area contributed by atoms with Crippen LogP contribution in [0.4, 0.5) is 11.4 Å². The first-order valence-electron chi connectivity index (χ1n) is 7.54. The van der Waals surface area contributed by atoms with E-state index in [0.29, 0.717) is 12.8 Å². The standard InChI is InChI=1S/C16H25N3O/c1-3-16(17,4-2)15(20)18-13-7-9-14(10-8-13)19-11-5-6-12-19/h7-10H,3-6,11-12,17H2,1-2H3,(H,18,20). The van der Waals surface area contributed by atoms with E-state index in [1.165, 1.54) is 18.5 Å². The Bertz CT molecular complexity index is 445. The highest BCUT2D eigenvalue weighted by Gasteiger charge is 2.29. The number of anilines is 2. The summed E-state index contributed by atoms with van der Waals surface area (Å²) in [6.07, 6.45) is 3.81. The van der Waals surface area contributed by atoms with Crippen LogP contribution >= 0.6 is 0 Å². The molecule has 1 aromatic carbocycles. The van der Waals surface area contributed by atoms with Crippen LogP contribution in [0, 0.1) is 0 Å². The maximum atomic E-state index is 12.2. The molecule has 1 fully saturated rings. The Morgan fingerprint density at radius 3 is 2.25 bits per heavy atom. The minimum Gasteiger partial charge on any atom is -0.372 e. The van der Waals surface area contributed by atoms with Crippen LogP contribution in [0.3, 0.4) is 0 Å². The van der Waals surface area contributed by atoms with Crippen molar-refractivity contribution >= 4 is 17.3 Å². The van der Waals surface area contributed by atoms with Crippen LogP contribution in [0.5, 0.6) is 0 Å². The third-order valence-electron chi connectivity index (χ3n) is 4.31. The lowest BCUT2D eigenvalue weighted by Gasteiger charge is -2.25. The number of nitrogens with one attached hydrogen (secondary N) is 1. The molecule has 4 nitrogen and oxygen atoms in total. The maximum Gasteiger partial charge on any atom is 0.244 e. The average molecular weight is 275 g/mol. The molecular weight excluding hydrogens is 250 g/mol. The molecule has 1 aromatic rings. The first-order chi connectivity index (χ1) is 9.59. The molecule has 0 aliphatic carbocycles. The van der Waals surface area contributed by atoms with E-state index < -0.39 is 5.54 Å². The predicted octanol–water partition coefficient (Wildman–Crippen LogP) is 2.74. The molecule has 0 aromatic heterocycles. The van der Waals surface area contributed by atoms with E-state index in [2.05, 4.69) is 22.3 Å². The molecule has 0 bridgehead atoms. The Kier molecular flexibility index (Phi) is 4.65. The van der Waals surface area contributed by atoms with Gasteiger partial charge in [-0.15, -0.1) is 0 Å². The fourth-order valence-electron chi connectivity index (χ4n) is 2.56. The van der Waals surface area contributed by atoms with Gasteiger partial charge in [-0.2, -0.15) is 0 Å². The zero-order valence-electron chi connectivity index (χ0n) is 12.5. The number of carbonyl (C=O) groups excluding carboxylic acids is 1. The van der Waals surface area contributed by atoms with E-state index in [-0.39, 0.29) is 5.91 Å².